The van der Waals surface area contributed by atoms with E-state index >= 15 is 0 Å². The van der Waals surface area contributed by atoms with E-state index in [2.05, 4.69) is 37.4 Å². The van der Waals surface area contributed by atoms with E-state index in [-0.39, 0.29) is 25.0 Å². The Labute approximate surface area is 217 Å². The number of hydrogen-bond acceptors (Lipinski definition) is 6. The van der Waals surface area contributed by atoms with E-state index in [4.69, 9.17) is 9.73 Å². The van der Waals surface area contributed by atoms with E-state index in [9.17, 15) is 9.59 Å². The minimum atomic E-state index is -0.431. The van der Waals surface area contributed by atoms with E-state index < -0.39 is 12.0 Å². The molecule has 36 heavy (non-hydrogen) atoms. The summed E-state index contributed by atoms with van der Waals surface area (Å²) >= 11 is 1.48. The number of fused-ring (bicyclic) bond motifs is 1. The lowest BCUT2D eigenvalue weighted by atomic mass is 9.90. The third-order valence-electron chi connectivity index (χ3n) is 6.51. The van der Waals surface area contributed by atoms with Crippen molar-refractivity contribution in [3.05, 3.63) is 93.2 Å². The van der Waals surface area contributed by atoms with Crippen molar-refractivity contribution >= 4 is 28.8 Å². The fraction of sp³-hybridized carbons (Fsp3) is 0.345. The average Bonchev–Trinajstić information content (AvgIpc) is 3.24. The van der Waals surface area contributed by atoms with Gasteiger partial charge in [0.15, 0.2) is 5.17 Å². The van der Waals surface area contributed by atoms with E-state index in [0.717, 1.165) is 39.5 Å². The number of allylic oxidation sites excluding steroid dienone is 1. The number of nitrogens with one attached hydrogen (secondary N) is 1. The summed E-state index contributed by atoms with van der Waals surface area (Å²) in [6, 6.07) is 15.5. The van der Waals surface area contributed by atoms with Gasteiger partial charge in [0.05, 0.1) is 23.7 Å². The number of amides is 1. The van der Waals surface area contributed by atoms with Crippen LogP contribution in [0.2, 0.25) is 0 Å². The maximum atomic E-state index is 13.6. The molecule has 2 aromatic carbocycles. The van der Waals surface area contributed by atoms with Gasteiger partial charge in [0.2, 0.25) is 5.91 Å². The Balaban J connectivity index is 1.69. The number of amidine groups is 1. The second-order valence-corrected chi connectivity index (χ2v) is 10.2. The van der Waals surface area contributed by atoms with Gasteiger partial charge in [-0.15, -0.1) is 0 Å². The first-order chi connectivity index (χ1) is 17.3. The molecule has 0 radical (unpaired) electrons. The molecule has 0 fully saturated rings. The zero-order valence-corrected chi connectivity index (χ0v) is 22.3. The highest BCUT2D eigenvalue weighted by Crippen LogP contribution is 2.45. The second kappa shape index (κ2) is 11.2. The van der Waals surface area contributed by atoms with Gasteiger partial charge in [0, 0.05) is 11.7 Å². The fourth-order valence-electron chi connectivity index (χ4n) is 4.45. The number of aryl methyl sites for hydroxylation is 2. The first kappa shape index (κ1) is 25.8. The monoisotopic (exact) mass is 503 g/mol. The van der Waals surface area contributed by atoms with Crippen LogP contribution in [0.1, 0.15) is 61.9 Å². The maximum absolute atomic E-state index is 13.6. The summed E-state index contributed by atoms with van der Waals surface area (Å²) in [7, 11) is 0. The molecule has 2 heterocycles. The molecular formula is C29H33N3O3S. The largest absolute Gasteiger partial charge is 0.457 e. The quantitative estimate of drug-likeness (QED) is 0.452. The van der Waals surface area contributed by atoms with Crippen molar-refractivity contribution in [2.75, 3.05) is 0 Å². The van der Waals surface area contributed by atoms with Crippen LogP contribution in [0.5, 0.6) is 0 Å². The SMILES string of the molecule is CC[C@@H](C)NC(=O)CC1=CSC2=NC(C)=C(C(=O)OCc3ccccc3)[C@H](c3ccc(C)cc3C)N12. The zero-order valence-electron chi connectivity index (χ0n) is 21.5. The number of benzene rings is 2. The number of rotatable bonds is 8. The topological polar surface area (TPSA) is 71.0 Å². The van der Waals surface area contributed by atoms with Gasteiger partial charge < -0.3 is 15.0 Å². The minimum absolute atomic E-state index is 0.0451. The van der Waals surface area contributed by atoms with Crippen LogP contribution in [0.25, 0.3) is 0 Å². The van der Waals surface area contributed by atoms with Gasteiger partial charge in [-0.2, -0.15) is 0 Å². The number of ether oxygens (including phenoxy) is 1. The molecular weight excluding hydrogens is 470 g/mol. The Kier molecular flexibility index (Phi) is 7.99. The molecule has 188 valence electrons. The molecule has 0 saturated heterocycles. The van der Waals surface area contributed by atoms with Crippen LogP contribution in [0, 0.1) is 13.8 Å². The Hall–Kier alpha value is -3.32. The predicted molar refractivity (Wildman–Crippen MR) is 145 cm³/mol. The number of aliphatic imine (C=N–C) groups is 1. The van der Waals surface area contributed by atoms with E-state index in [1.165, 1.54) is 11.8 Å². The molecule has 2 aliphatic rings. The van der Waals surface area contributed by atoms with E-state index in [0.29, 0.717) is 11.3 Å². The van der Waals surface area contributed by atoms with Gasteiger partial charge in [0.25, 0.3) is 0 Å². The van der Waals surface area contributed by atoms with Crippen LogP contribution >= 0.6 is 11.8 Å². The van der Waals surface area contributed by atoms with Crippen molar-refractivity contribution in [3.63, 3.8) is 0 Å². The summed E-state index contributed by atoms with van der Waals surface area (Å²) in [5, 5.41) is 5.78. The molecule has 2 aromatic rings. The van der Waals surface area contributed by atoms with Gasteiger partial charge in [-0.1, -0.05) is 72.8 Å². The molecule has 4 rings (SSSR count). The van der Waals surface area contributed by atoms with Gasteiger partial charge in [-0.25, -0.2) is 9.79 Å². The molecule has 0 aromatic heterocycles. The van der Waals surface area contributed by atoms with Crippen LogP contribution < -0.4 is 5.32 Å². The summed E-state index contributed by atoms with van der Waals surface area (Å²) in [6.45, 7) is 10.2. The Morgan fingerprint density at radius 2 is 1.89 bits per heavy atom. The zero-order chi connectivity index (χ0) is 25.8. The van der Waals surface area contributed by atoms with Gasteiger partial charge in [-0.05, 0) is 56.2 Å². The molecule has 0 unspecified atom stereocenters. The normalized spacial score (nSPS) is 17.8. The summed E-state index contributed by atoms with van der Waals surface area (Å²) < 4.78 is 5.79. The van der Waals surface area contributed by atoms with Crippen LogP contribution in [0.4, 0.5) is 0 Å². The van der Waals surface area contributed by atoms with Crippen molar-refractivity contribution in [3.8, 4) is 0 Å². The molecule has 0 bridgehead atoms. The van der Waals surface area contributed by atoms with Crippen LogP contribution in [-0.2, 0) is 20.9 Å². The minimum Gasteiger partial charge on any atom is -0.457 e. The lowest BCUT2D eigenvalue weighted by molar-refractivity contribution is -0.141. The third kappa shape index (κ3) is 5.57. The summed E-state index contributed by atoms with van der Waals surface area (Å²) in [5.74, 6) is -0.444. The lowest BCUT2D eigenvalue weighted by Gasteiger charge is -2.37. The standard InChI is InChI=1S/C29H33N3O3S/c1-6-20(4)30-25(33)15-23-17-36-29-31-21(5)26(28(34)35-16-22-10-8-7-9-11-22)27(32(23)29)24-13-12-18(2)14-19(24)3/h7-14,17,20,27H,6,15-16H2,1-5H3,(H,30,33)/t20-,27+/m1/s1. The van der Waals surface area contributed by atoms with Crippen molar-refractivity contribution in [2.24, 2.45) is 4.99 Å². The molecule has 0 aliphatic carbocycles. The van der Waals surface area contributed by atoms with Crippen molar-refractivity contribution in [1.29, 1.82) is 0 Å². The Morgan fingerprint density at radius 3 is 2.58 bits per heavy atom. The Bertz CT molecular complexity index is 1250. The number of carbonyl (C=O) groups is 2. The number of nitrogens with zero attached hydrogens (tertiary/aromatic N) is 2. The first-order valence-corrected chi connectivity index (χ1v) is 13.2. The highest BCUT2D eigenvalue weighted by atomic mass is 32.2. The van der Waals surface area contributed by atoms with Gasteiger partial charge >= 0.3 is 5.97 Å². The molecule has 2 atom stereocenters. The smallest absolute Gasteiger partial charge is 0.338 e. The van der Waals surface area contributed by atoms with Crippen LogP contribution in [-0.4, -0.2) is 28.0 Å². The van der Waals surface area contributed by atoms with Gasteiger partial charge in [0.1, 0.15) is 6.61 Å². The number of esters is 1. The van der Waals surface area contributed by atoms with E-state index in [1.54, 1.807) is 0 Å². The van der Waals surface area contributed by atoms with E-state index in [1.807, 2.05) is 61.4 Å². The van der Waals surface area contributed by atoms with Gasteiger partial charge in [-0.3, -0.25) is 4.79 Å². The highest BCUT2D eigenvalue weighted by Gasteiger charge is 2.41. The lowest BCUT2D eigenvalue weighted by Crippen LogP contribution is -2.39. The number of carbonyl (C=O) groups excluding carboxylic acids is 2. The predicted octanol–water partition coefficient (Wildman–Crippen LogP) is 5.93. The molecule has 0 saturated carbocycles. The third-order valence-corrected chi connectivity index (χ3v) is 7.40. The molecule has 0 spiro atoms. The van der Waals surface area contributed by atoms with Crippen LogP contribution in [0.15, 0.2) is 75.9 Å². The first-order valence-electron chi connectivity index (χ1n) is 12.3. The molecule has 6 nitrogen and oxygen atoms in total. The number of thioether (sulfide) groups is 1. The molecule has 7 heteroatoms. The molecule has 1 amide bonds. The van der Waals surface area contributed by atoms with Crippen molar-refractivity contribution < 1.29 is 14.3 Å². The summed E-state index contributed by atoms with van der Waals surface area (Å²) in [4.78, 5) is 33.2. The average molecular weight is 504 g/mol. The second-order valence-electron chi connectivity index (χ2n) is 9.37. The van der Waals surface area contributed by atoms with Crippen molar-refractivity contribution in [1.82, 2.24) is 10.2 Å². The molecule has 1 N–H and O–H groups in total. The maximum Gasteiger partial charge on any atom is 0.338 e. The van der Waals surface area contributed by atoms with Crippen molar-refractivity contribution in [2.45, 2.75) is 66.2 Å². The van der Waals surface area contributed by atoms with Crippen LogP contribution in [0.3, 0.4) is 0 Å². The highest BCUT2D eigenvalue weighted by molar-refractivity contribution is 8.16. The Morgan fingerprint density at radius 1 is 1.14 bits per heavy atom. The summed E-state index contributed by atoms with van der Waals surface area (Å²) in [6.07, 6.45) is 1.07. The number of hydrogen-bond donors (Lipinski definition) is 1. The fourth-order valence-corrected chi connectivity index (χ4v) is 5.41. The summed E-state index contributed by atoms with van der Waals surface area (Å²) in [5.41, 5.74) is 6.09. The molecule has 2 aliphatic heterocycles.